The molecule has 0 radical (unpaired) electrons. The lowest BCUT2D eigenvalue weighted by Crippen LogP contribution is -1.94. The van der Waals surface area contributed by atoms with Gasteiger partial charge in [-0.25, -0.2) is 4.98 Å². The molecule has 0 aliphatic rings. The van der Waals surface area contributed by atoms with Crippen molar-refractivity contribution >= 4 is 17.1 Å². The molecular formula is C15H17NO2S. The van der Waals surface area contributed by atoms with Crippen LogP contribution < -0.4 is 4.74 Å². The van der Waals surface area contributed by atoms with Crippen molar-refractivity contribution in [3.8, 4) is 5.75 Å². The molecule has 0 bridgehead atoms. The smallest absolute Gasteiger partial charge is 0.171 e. The van der Waals surface area contributed by atoms with Gasteiger partial charge in [0.05, 0.1) is 22.7 Å². The third kappa shape index (κ3) is 3.01. The van der Waals surface area contributed by atoms with Gasteiger partial charge in [0, 0.05) is 18.9 Å². The predicted molar refractivity (Wildman–Crippen MR) is 77.4 cm³/mol. The van der Waals surface area contributed by atoms with E-state index in [-0.39, 0.29) is 5.78 Å². The normalized spacial score (nSPS) is 10.5. The Morgan fingerprint density at radius 2 is 2.11 bits per heavy atom. The van der Waals surface area contributed by atoms with Crippen LogP contribution >= 0.6 is 11.3 Å². The summed E-state index contributed by atoms with van der Waals surface area (Å²) in [7, 11) is 1.67. The summed E-state index contributed by atoms with van der Waals surface area (Å²) in [5.41, 5.74) is 3.11. The summed E-state index contributed by atoms with van der Waals surface area (Å²) in [5.74, 6) is 0.945. The molecule has 0 saturated heterocycles. The van der Waals surface area contributed by atoms with Crippen molar-refractivity contribution in [3.63, 3.8) is 0 Å². The van der Waals surface area contributed by atoms with Crippen molar-refractivity contribution in [2.24, 2.45) is 0 Å². The number of carbonyl (C=O) groups excluding carboxylic acids is 1. The second kappa shape index (κ2) is 5.53. The predicted octanol–water partition coefficient (Wildman–Crippen LogP) is 3.56. The number of rotatable bonds is 4. The molecule has 0 spiro atoms. The van der Waals surface area contributed by atoms with Gasteiger partial charge in [-0.05, 0) is 19.9 Å². The van der Waals surface area contributed by atoms with Gasteiger partial charge >= 0.3 is 0 Å². The number of ketones is 1. The molecule has 0 aliphatic heterocycles. The van der Waals surface area contributed by atoms with Crippen molar-refractivity contribution in [1.29, 1.82) is 0 Å². The molecule has 19 heavy (non-hydrogen) atoms. The Morgan fingerprint density at radius 3 is 2.68 bits per heavy atom. The minimum Gasteiger partial charge on any atom is -0.496 e. The van der Waals surface area contributed by atoms with E-state index in [1.807, 2.05) is 19.1 Å². The van der Waals surface area contributed by atoms with E-state index in [1.54, 1.807) is 14.0 Å². The highest BCUT2D eigenvalue weighted by molar-refractivity contribution is 7.13. The molecule has 3 nitrogen and oxygen atoms in total. The third-order valence-corrected chi connectivity index (χ3v) is 4.20. The summed E-state index contributed by atoms with van der Waals surface area (Å²) in [4.78, 5) is 16.7. The summed E-state index contributed by atoms with van der Waals surface area (Å²) in [5, 5.41) is 0.951. The van der Waals surface area contributed by atoms with Crippen LogP contribution in [0.5, 0.6) is 5.75 Å². The maximum absolute atomic E-state index is 11.5. The van der Waals surface area contributed by atoms with E-state index in [4.69, 9.17) is 4.74 Å². The molecule has 0 N–H and O–H groups in total. The number of aryl methyl sites for hydroxylation is 2. The summed E-state index contributed by atoms with van der Waals surface area (Å²) >= 11 is 1.47. The van der Waals surface area contributed by atoms with E-state index in [2.05, 4.69) is 18.0 Å². The number of methoxy groups -OCH3 is 1. The Bertz CT molecular complexity index is 617. The van der Waals surface area contributed by atoms with Gasteiger partial charge in [0.1, 0.15) is 5.75 Å². The van der Waals surface area contributed by atoms with Gasteiger partial charge in [-0.2, -0.15) is 0 Å². The summed E-state index contributed by atoms with van der Waals surface area (Å²) in [6.07, 6.45) is 0.698. The van der Waals surface area contributed by atoms with Crippen LogP contribution in [-0.4, -0.2) is 17.9 Å². The molecule has 0 unspecified atom stereocenters. The first-order valence-corrected chi connectivity index (χ1v) is 6.93. The lowest BCUT2D eigenvalue weighted by Gasteiger charge is -2.07. The van der Waals surface area contributed by atoms with Gasteiger partial charge in [0.15, 0.2) is 5.78 Å². The molecule has 0 aliphatic carbocycles. The zero-order valence-corrected chi connectivity index (χ0v) is 12.4. The van der Waals surface area contributed by atoms with Gasteiger partial charge in [-0.3, -0.25) is 4.79 Å². The van der Waals surface area contributed by atoms with Crippen molar-refractivity contribution in [2.75, 3.05) is 7.11 Å². The molecule has 0 amide bonds. The van der Waals surface area contributed by atoms with Crippen LogP contribution in [0.4, 0.5) is 0 Å². The molecule has 0 atom stereocenters. The van der Waals surface area contributed by atoms with Crippen molar-refractivity contribution in [2.45, 2.75) is 27.2 Å². The van der Waals surface area contributed by atoms with Crippen molar-refractivity contribution < 1.29 is 9.53 Å². The minimum absolute atomic E-state index is 0.0810. The van der Waals surface area contributed by atoms with Crippen LogP contribution in [0.25, 0.3) is 0 Å². The molecule has 100 valence electrons. The molecule has 0 fully saturated rings. The second-order valence-electron chi connectivity index (χ2n) is 4.57. The average molecular weight is 275 g/mol. The van der Waals surface area contributed by atoms with Gasteiger partial charge in [0.25, 0.3) is 0 Å². The largest absolute Gasteiger partial charge is 0.496 e. The van der Waals surface area contributed by atoms with E-state index in [0.29, 0.717) is 6.42 Å². The number of nitrogens with zero attached hydrogens (tertiary/aromatic N) is 1. The Kier molecular flexibility index (Phi) is 4.00. The number of thiazole rings is 1. The number of carbonyl (C=O) groups is 1. The quantitative estimate of drug-likeness (QED) is 0.801. The van der Waals surface area contributed by atoms with Gasteiger partial charge < -0.3 is 4.74 Å². The third-order valence-electron chi connectivity index (χ3n) is 2.94. The first-order chi connectivity index (χ1) is 9.01. The van der Waals surface area contributed by atoms with Crippen LogP contribution in [0.15, 0.2) is 18.2 Å². The topological polar surface area (TPSA) is 39.2 Å². The number of Topliss-reactive ketones (excluding diaryl/α,β-unsaturated/α-hetero) is 1. The van der Waals surface area contributed by atoms with E-state index in [0.717, 1.165) is 26.9 Å². The van der Waals surface area contributed by atoms with Crippen LogP contribution in [0, 0.1) is 13.8 Å². The van der Waals surface area contributed by atoms with Gasteiger partial charge in [-0.15, -0.1) is 11.3 Å². The molecule has 1 aromatic heterocycles. The number of hydrogen-bond donors (Lipinski definition) is 0. The lowest BCUT2D eigenvalue weighted by molar-refractivity contribution is 0.102. The standard InChI is InChI=1S/C15H17NO2S/c1-9-5-6-13(18-4)12(7-9)8-14-16-10(2)15(19-14)11(3)17/h5-7H,8H2,1-4H3. The van der Waals surface area contributed by atoms with Crippen LogP contribution in [0.1, 0.15) is 38.4 Å². The van der Waals surface area contributed by atoms with E-state index in [1.165, 1.54) is 16.9 Å². The molecule has 0 saturated carbocycles. The molecule has 2 aromatic rings. The Labute approximate surface area is 117 Å². The molecule has 1 heterocycles. The zero-order chi connectivity index (χ0) is 14.0. The maximum atomic E-state index is 11.5. The monoisotopic (exact) mass is 275 g/mol. The van der Waals surface area contributed by atoms with Crippen molar-refractivity contribution in [1.82, 2.24) is 4.98 Å². The fourth-order valence-electron chi connectivity index (χ4n) is 2.06. The molecule has 4 heteroatoms. The van der Waals surface area contributed by atoms with Crippen molar-refractivity contribution in [3.05, 3.63) is 44.9 Å². The van der Waals surface area contributed by atoms with E-state index in [9.17, 15) is 4.79 Å². The maximum Gasteiger partial charge on any atom is 0.171 e. The highest BCUT2D eigenvalue weighted by atomic mass is 32.1. The molecular weight excluding hydrogens is 258 g/mol. The second-order valence-corrected chi connectivity index (χ2v) is 5.65. The fourth-order valence-corrected chi connectivity index (χ4v) is 3.05. The van der Waals surface area contributed by atoms with E-state index < -0.39 is 0 Å². The fraction of sp³-hybridized carbons (Fsp3) is 0.333. The number of hydrogen-bond acceptors (Lipinski definition) is 4. The Balaban J connectivity index is 2.33. The lowest BCUT2D eigenvalue weighted by atomic mass is 10.1. The SMILES string of the molecule is COc1ccc(C)cc1Cc1nc(C)c(C(C)=O)s1. The Morgan fingerprint density at radius 1 is 1.37 bits per heavy atom. The first kappa shape index (κ1) is 13.7. The van der Waals surface area contributed by atoms with E-state index >= 15 is 0 Å². The van der Waals surface area contributed by atoms with Crippen LogP contribution in [0.2, 0.25) is 0 Å². The molecule has 1 aromatic carbocycles. The van der Waals surface area contributed by atoms with Gasteiger partial charge in [-0.1, -0.05) is 17.7 Å². The minimum atomic E-state index is 0.0810. The summed E-state index contributed by atoms with van der Waals surface area (Å²) in [6, 6.07) is 6.09. The van der Waals surface area contributed by atoms with Crippen LogP contribution in [0.3, 0.4) is 0 Å². The summed E-state index contributed by atoms with van der Waals surface area (Å²) < 4.78 is 5.37. The summed E-state index contributed by atoms with van der Waals surface area (Å²) in [6.45, 7) is 5.51. The van der Waals surface area contributed by atoms with Crippen LogP contribution in [-0.2, 0) is 6.42 Å². The zero-order valence-electron chi connectivity index (χ0n) is 11.6. The van der Waals surface area contributed by atoms with Gasteiger partial charge in [0.2, 0.25) is 0 Å². The Hall–Kier alpha value is -1.68. The first-order valence-electron chi connectivity index (χ1n) is 6.12. The number of aromatic nitrogens is 1. The molecule has 2 rings (SSSR count). The highest BCUT2D eigenvalue weighted by Crippen LogP contribution is 2.26. The average Bonchev–Trinajstić information content (AvgIpc) is 2.71. The highest BCUT2D eigenvalue weighted by Gasteiger charge is 2.13. The number of benzene rings is 1. The number of ether oxygens (including phenoxy) is 1.